The second-order valence-corrected chi connectivity index (χ2v) is 31.7. The average molecular weight is 1450 g/mol. The largest absolute Gasteiger partial charge is 0.481 e. The molecule has 15 heteroatoms. The standard InChI is InChI=1S/C92H107N3O12/c1-63(44-47-81(96)97)75-45-46-76-82-74(83-87(102-57-68-36-20-8-21-37-68)89(104-59-70-40-24-10-25-41-70)85(100-55-66-32-16-6-17-33-66)79(106-83)61-98-53-64-28-12-4-13-29-64)51-72-50-73(94-95-93)48-49-91(72,2)77(82)52-78(92(75,76)3)84-88(103-58-69-38-22-9-23-39-69)90(105-60-71-42-26-11-27-43-71)86(101-56-67-34-18-7-19-35-67)80(107-84)62-99-54-65-30-14-5-15-31-65/h4-43,63,72-80,82-90H,44-62H2,1-3H3,(H,96,97)/t63-,72+,73+,74+,75-,76+,77+,78+,79-,80-,82+,83+,84+,85-,86-,87+,88+,89+,90+,91+,92-/m1/s1. The molecule has 4 saturated carbocycles. The van der Waals surface area contributed by atoms with Crippen LogP contribution in [0.1, 0.15) is 123 Å². The Balaban J connectivity index is 0.933. The van der Waals surface area contributed by atoms with E-state index in [1.807, 2.05) is 97.1 Å². The maximum Gasteiger partial charge on any atom is 0.303 e. The van der Waals surface area contributed by atoms with Gasteiger partial charge in [0.05, 0.1) is 78.3 Å². The van der Waals surface area contributed by atoms with Gasteiger partial charge in [0.15, 0.2) is 0 Å². The number of hydrogen-bond donors (Lipinski definition) is 1. The minimum Gasteiger partial charge on any atom is -0.481 e. The quantitative estimate of drug-likeness (QED) is 0.0234. The van der Waals surface area contributed by atoms with Gasteiger partial charge < -0.3 is 52.5 Å². The van der Waals surface area contributed by atoms with Gasteiger partial charge in [-0.3, -0.25) is 4.79 Å². The van der Waals surface area contributed by atoms with E-state index in [1.54, 1.807) is 0 Å². The zero-order chi connectivity index (χ0) is 73.4. The van der Waals surface area contributed by atoms with E-state index in [0.717, 1.165) is 89.5 Å². The molecule has 0 bridgehead atoms. The molecule has 1 N–H and O–H groups in total. The predicted molar refractivity (Wildman–Crippen MR) is 412 cm³/mol. The molecule has 0 aromatic heterocycles. The van der Waals surface area contributed by atoms with Crippen molar-refractivity contribution in [1.29, 1.82) is 0 Å². The van der Waals surface area contributed by atoms with Crippen molar-refractivity contribution in [2.75, 3.05) is 13.2 Å². The number of benzene rings is 8. The Bertz CT molecular complexity index is 4040. The van der Waals surface area contributed by atoms with Crippen LogP contribution < -0.4 is 0 Å². The molecular formula is C92H107N3O12. The van der Waals surface area contributed by atoms with Crippen LogP contribution in [0.15, 0.2) is 248 Å². The van der Waals surface area contributed by atoms with Gasteiger partial charge in [0.1, 0.15) is 48.8 Å². The zero-order valence-corrected chi connectivity index (χ0v) is 62.3. The lowest BCUT2D eigenvalue weighted by Gasteiger charge is -2.68. The third-order valence-electron chi connectivity index (χ3n) is 25.4. The summed E-state index contributed by atoms with van der Waals surface area (Å²) < 4.78 is 75.6. The second-order valence-electron chi connectivity index (χ2n) is 31.7. The fraction of sp³-hybridized carbons (Fsp3) is 0.467. The molecule has 8 aromatic rings. The lowest BCUT2D eigenvalue weighted by Crippen LogP contribution is -2.69. The van der Waals surface area contributed by atoms with Gasteiger partial charge in [-0.15, -0.1) is 0 Å². The van der Waals surface area contributed by atoms with Crippen LogP contribution in [0.5, 0.6) is 0 Å². The van der Waals surface area contributed by atoms with Gasteiger partial charge in [-0.05, 0) is 160 Å². The van der Waals surface area contributed by atoms with E-state index in [0.29, 0.717) is 59.3 Å². The number of aliphatic carboxylic acids is 1. The number of ether oxygens (including phenoxy) is 10. The van der Waals surface area contributed by atoms with Crippen molar-refractivity contribution >= 4 is 5.97 Å². The molecule has 21 atom stereocenters. The summed E-state index contributed by atoms with van der Waals surface area (Å²) in [6, 6.07) is 82.6. The minimum atomic E-state index is -0.795. The first-order chi connectivity index (χ1) is 52.5. The summed E-state index contributed by atoms with van der Waals surface area (Å²) in [5, 5.41) is 15.2. The maximum absolute atomic E-state index is 12.9. The smallest absolute Gasteiger partial charge is 0.303 e. The first kappa shape index (κ1) is 75.9. The van der Waals surface area contributed by atoms with Crippen molar-refractivity contribution in [3.63, 3.8) is 0 Å². The molecule has 107 heavy (non-hydrogen) atoms. The van der Waals surface area contributed by atoms with Crippen molar-refractivity contribution < 1.29 is 57.3 Å². The highest BCUT2D eigenvalue weighted by molar-refractivity contribution is 5.66. The monoisotopic (exact) mass is 1450 g/mol. The third kappa shape index (κ3) is 18.2. The Hall–Kier alpha value is -7.86. The molecule has 562 valence electrons. The number of rotatable bonds is 33. The lowest BCUT2D eigenvalue weighted by atomic mass is 9.39. The summed E-state index contributed by atoms with van der Waals surface area (Å²) >= 11 is 0. The molecule has 8 aromatic carbocycles. The third-order valence-corrected chi connectivity index (χ3v) is 25.4. The van der Waals surface area contributed by atoms with Crippen LogP contribution in [0, 0.1) is 58.2 Å². The topological polar surface area (TPSA) is 178 Å². The molecule has 4 aliphatic carbocycles. The highest BCUT2D eigenvalue weighted by Crippen LogP contribution is 2.73. The molecule has 2 aliphatic heterocycles. The highest BCUT2D eigenvalue weighted by atomic mass is 16.6. The summed E-state index contributed by atoms with van der Waals surface area (Å²) in [5.41, 5.74) is 17.9. The number of carbonyl (C=O) groups is 1. The van der Waals surface area contributed by atoms with Gasteiger partial charge in [-0.1, -0.05) is 269 Å². The Morgan fingerprint density at radius 2 is 0.822 bits per heavy atom. The van der Waals surface area contributed by atoms with E-state index >= 15 is 0 Å². The molecular weight excluding hydrogens is 1340 g/mol. The Kier molecular flexibility index (Phi) is 25.9. The summed E-state index contributed by atoms with van der Waals surface area (Å²) in [7, 11) is 0. The lowest BCUT2D eigenvalue weighted by molar-refractivity contribution is -0.312. The van der Waals surface area contributed by atoms with E-state index in [2.05, 4.69) is 176 Å². The highest BCUT2D eigenvalue weighted by Gasteiger charge is 2.70. The average Bonchev–Trinajstić information content (AvgIpc) is 1.67. The van der Waals surface area contributed by atoms with Crippen LogP contribution in [0.4, 0.5) is 0 Å². The zero-order valence-electron chi connectivity index (χ0n) is 62.3. The summed E-state index contributed by atoms with van der Waals surface area (Å²) in [6.07, 6.45) is -0.0372. The minimum absolute atomic E-state index is 0.0199. The molecule has 0 amide bonds. The fourth-order valence-corrected chi connectivity index (χ4v) is 20.2. The van der Waals surface area contributed by atoms with E-state index in [-0.39, 0.29) is 78.4 Å². The molecule has 6 fully saturated rings. The number of carboxylic acid groups (broad SMARTS) is 1. The van der Waals surface area contributed by atoms with Gasteiger partial charge in [-0.25, -0.2) is 0 Å². The fourth-order valence-electron chi connectivity index (χ4n) is 20.2. The Morgan fingerprint density at radius 1 is 0.458 bits per heavy atom. The van der Waals surface area contributed by atoms with E-state index in [9.17, 15) is 15.4 Å². The van der Waals surface area contributed by atoms with Crippen LogP contribution >= 0.6 is 0 Å². The van der Waals surface area contributed by atoms with Crippen LogP contribution in [0.3, 0.4) is 0 Å². The first-order valence-corrected chi connectivity index (χ1v) is 39.2. The van der Waals surface area contributed by atoms with Crippen molar-refractivity contribution in [2.45, 2.75) is 198 Å². The van der Waals surface area contributed by atoms with Crippen molar-refractivity contribution in [1.82, 2.24) is 0 Å². The number of nitrogens with zero attached hydrogens (tertiary/aromatic N) is 3. The van der Waals surface area contributed by atoms with Crippen molar-refractivity contribution in [3.8, 4) is 0 Å². The molecule has 14 rings (SSSR count). The van der Waals surface area contributed by atoms with E-state index in [4.69, 9.17) is 47.4 Å². The van der Waals surface area contributed by atoms with Gasteiger partial charge in [0.2, 0.25) is 0 Å². The number of azide groups is 1. The molecule has 0 unspecified atom stereocenters. The second kappa shape index (κ2) is 36.6. The number of hydrogen-bond acceptors (Lipinski definition) is 12. The first-order valence-electron chi connectivity index (χ1n) is 39.2. The van der Waals surface area contributed by atoms with Crippen molar-refractivity contribution in [3.05, 3.63) is 298 Å². The van der Waals surface area contributed by atoms with Gasteiger partial charge in [0, 0.05) is 17.4 Å². The molecule has 2 heterocycles. The van der Waals surface area contributed by atoms with Crippen LogP contribution in [-0.4, -0.2) is 91.4 Å². The Morgan fingerprint density at radius 3 is 1.21 bits per heavy atom. The summed E-state index contributed by atoms with van der Waals surface area (Å²) in [6.45, 7) is 10.4. The molecule has 6 aliphatic rings. The van der Waals surface area contributed by atoms with E-state index in [1.165, 1.54) is 0 Å². The predicted octanol–water partition coefficient (Wildman–Crippen LogP) is 18.8. The molecule has 0 radical (unpaired) electrons. The van der Waals surface area contributed by atoms with Crippen LogP contribution in [0.25, 0.3) is 10.4 Å². The normalized spacial score (nSPS) is 31.3. The molecule has 0 spiro atoms. The number of carboxylic acids is 1. The van der Waals surface area contributed by atoms with Crippen LogP contribution in [0.2, 0.25) is 0 Å². The summed E-state index contributed by atoms with van der Waals surface area (Å²) in [4.78, 5) is 16.4. The Labute approximate surface area is 632 Å². The van der Waals surface area contributed by atoms with Gasteiger partial charge in [0.25, 0.3) is 0 Å². The van der Waals surface area contributed by atoms with Crippen molar-refractivity contribution in [2.24, 2.45) is 63.3 Å². The summed E-state index contributed by atoms with van der Waals surface area (Å²) in [5.74, 6) is -0.739. The van der Waals surface area contributed by atoms with E-state index < -0.39 is 72.4 Å². The van der Waals surface area contributed by atoms with Gasteiger partial charge >= 0.3 is 5.97 Å². The molecule has 2 saturated heterocycles. The van der Waals surface area contributed by atoms with Gasteiger partial charge in [-0.2, -0.15) is 0 Å². The number of fused-ring (bicyclic) bond motifs is 5. The van der Waals surface area contributed by atoms with Crippen LogP contribution in [-0.2, 0) is 105 Å². The molecule has 15 nitrogen and oxygen atoms in total. The SMILES string of the molecule is C[C@H](CCC(=O)O)[C@H]1CC[C@H]2[C@@H]3[C@@H]([C@@H]4O[C@H](COCc5ccccc5)[C@@H](OCc5ccccc5)[C@H](OCc5ccccc5)[C@H]4OCc4ccccc4)C[C@@H]4C[C@@H](N=[N+]=[N-])CC[C@]4(C)[C@H]3C[C@@H]([C@@H]3O[C@H](COCc4ccccc4)[C@@H](OCc4ccccc4)[C@H](OCc4ccccc4)[C@H]3OCc3ccccc3)[C@]12C. The maximum atomic E-state index is 12.9.